The molecule has 16 heavy (non-hydrogen) atoms. The highest BCUT2D eigenvalue weighted by Crippen LogP contribution is 2.19. The zero-order valence-electron chi connectivity index (χ0n) is 8.71. The average molecular weight is 240 g/mol. The molecule has 1 aliphatic rings. The van der Waals surface area contributed by atoms with Crippen molar-refractivity contribution in [2.75, 3.05) is 6.61 Å². The van der Waals surface area contributed by atoms with Crippen LogP contribution in [0.15, 0.2) is 23.1 Å². The number of hydrogen-bond donors (Lipinski definition) is 2. The lowest BCUT2D eigenvalue weighted by molar-refractivity contribution is -0.0104. The molecule has 1 aromatic rings. The minimum absolute atomic E-state index is 0.0937. The summed E-state index contributed by atoms with van der Waals surface area (Å²) in [5, 5.41) is 8.91. The average Bonchev–Trinajstić information content (AvgIpc) is 2.71. The van der Waals surface area contributed by atoms with Crippen LogP contribution in [-0.4, -0.2) is 27.4 Å². The van der Waals surface area contributed by atoms with Gasteiger partial charge in [0.1, 0.15) is 10.7 Å². The third-order valence-electron chi connectivity index (χ3n) is 2.40. The monoisotopic (exact) mass is 240 g/mol. The minimum atomic E-state index is -0.477. The van der Waals surface area contributed by atoms with E-state index in [1.54, 1.807) is 18.3 Å². The van der Waals surface area contributed by atoms with E-state index in [4.69, 9.17) is 22.1 Å². The van der Waals surface area contributed by atoms with Crippen LogP contribution in [0.1, 0.15) is 11.8 Å². The van der Waals surface area contributed by atoms with E-state index in [9.17, 15) is 4.79 Å². The molecule has 2 N–H and O–H groups in total. The van der Waals surface area contributed by atoms with Gasteiger partial charge in [-0.15, -0.1) is 0 Å². The molecule has 0 aliphatic carbocycles. The van der Waals surface area contributed by atoms with Crippen molar-refractivity contribution in [2.45, 2.75) is 19.3 Å². The summed E-state index contributed by atoms with van der Waals surface area (Å²) in [6, 6.07) is 0. The first kappa shape index (κ1) is 11.3. The highest BCUT2D eigenvalue weighted by Gasteiger charge is 2.20. The molecule has 0 unspecified atom stereocenters. The van der Waals surface area contributed by atoms with Crippen LogP contribution in [-0.2, 0) is 4.74 Å². The van der Waals surface area contributed by atoms with Gasteiger partial charge < -0.3 is 9.84 Å². The molecule has 2 heterocycles. The molecule has 2 atom stereocenters. The second-order valence-corrected chi connectivity index (χ2v) is 4.02. The molecule has 86 valence electrons. The molecular weight excluding hydrogens is 228 g/mol. The summed E-state index contributed by atoms with van der Waals surface area (Å²) in [4.78, 5) is 14.2. The Morgan fingerprint density at radius 1 is 1.62 bits per heavy atom. The summed E-state index contributed by atoms with van der Waals surface area (Å²) in [5.74, 6) is 0. The van der Waals surface area contributed by atoms with Gasteiger partial charge >= 0.3 is 5.69 Å². The smallest absolute Gasteiger partial charge is 0.328 e. The Balaban J connectivity index is 2.36. The molecule has 5 nitrogen and oxygen atoms in total. The quantitative estimate of drug-likeness (QED) is 0.588. The number of aromatic amines is 1. The fraction of sp³-hybridized carbons (Fsp3) is 0.400. The molecule has 0 amide bonds. The molecule has 6 heteroatoms. The van der Waals surface area contributed by atoms with E-state index in [2.05, 4.69) is 4.98 Å². The molecule has 0 radical (unpaired) electrons. The highest BCUT2D eigenvalue weighted by atomic mass is 32.1. The minimum Gasteiger partial charge on any atom is -0.393 e. The predicted octanol–water partition coefficient (Wildman–Crippen LogP) is 0.660. The summed E-state index contributed by atoms with van der Waals surface area (Å²) in [6.45, 7) is 1.72. The van der Waals surface area contributed by atoms with Crippen molar-refractivity contribution in [1.82, 2.24) is 9.55 Å². The van der Waals surface area contributed by atoms with Crippen LogP contribution in [0, 0.1) is 11.6 Å². The summed E-state index contributed by atoms with van der Waals surface area (Å²) in [6.07, 6.45) is 4.29. The molecule has 0 bridgehead atoms. The van der Waals surface area contributed by atoms with E-state index < -0.39 is 6.23 Å². The first-order valence-corrected chi connectivity index (χ1v) is 5.29. The number of rotatable bonds is 2. The molecule has 2 rings (SSSR count). The topological polar surface area (TPSA) is 67.2 Å². The molecule has 1 aromatic heterocycles. The number of aromatic nitrogens is 2. The number of ether oxygens (including phenoxy) is 1. The van der Waals surface area contributed by atoms with E-state index in [1.807, 2.05) is 6.92 Å². The van der Waals surface area contributed by atoms with Crippen LogP contribution in [0.3, 0.4) is 0 Å². The largest absolute Gasteiger partial charge is 0.393 e. The van der Waals surface area contributed by atoms with Crippen molar-refractivity contribution >= 4 is 12.2 Å². The zero-order valence-corrected chi connectivity index (χ0v) is 9.53. The van der Waals surface area contributed by atoms with E-state index in [1.165, 1.54) is 4.57 Å². The molecule has 0 fully saturated rings. The van der Waals surface area contributed by atoms with Crippen LogP contribution in [0.5, 0.6) is 0 Å². The Kier molecular flexibility index (Phi) is 3.04. The Labute approximate surface area is 97.0 Å². The van der Waals surface area contributed by atoms with Gasteiger partial charge in [0.2, 0.25) is 0 Å². The van der Waals surface area contributed by atoms with Crippen molar-refractivity contribution in [3.8, 4) is 0 Å². The van der Waals surface area contributed by atoms with Crippen LogP contribution < -0.4 is 5.69 Å². The predicted molar refractivity (Wildman–Crippen MR) is 60.8 cm³/mol. The van der Waals surface area contributed by atoms with Gasteiger partial charge in [0.25, 0.3) is 0 Å². The molecule has 1 aliphatic heterocycles. The van der Waals surface area contributed by atoms with Gasteiger partial charge in [-0.1, -0.05) is 18.3 Å². The van der Waals surface area contributed by atoms with Crippen molar-refractivity contribution in [3.63, 3.8) is 0 Å². The number of nitrogens with one attached hydrogen (secondary N) is 1. The Bertz CT molecular complexity index is 532. The maximum Gasteiger partial charge on any atom is 0.328 e. The second kappa shape index (κ2) is 4.32. The maximum atomic E-state index is 11.6. The van der Waals surface area contributed by atoms with Crippen LogP contribution in [0.25, 0.3) is 0 Å². The fourth-order valence-electron chi connectivity index (χ4n) is 1.53. The highest BCUT2D eigenvalue weighted by molar-refractivity contribution is 7.71. The Hall–Kier alpha value is -1.24. The van der Waals surface area contributed by atoms with E-state index >= 15 is 0 Å². The Morgan fingerprint density at radius 2 is 2.38 bits per heavy atom. The molecule has 0 aromatic carbocycles. The number of aryl methyl sites for hydroxylation is 1. The van der Waals surface area contributed by atoms with Crippen molar-refractivity contribution < 1.29 is 9.84 Å². The van der Waals surface area contributed by atoms with Crippen LogP contribution >= 0.6 is 12.2 Å². The second-order valence-electron chi connectivity index (χ2n) is 3.61. The third-order valence-corrected chi connectivity index (χ3v) is 2.83. The number of hydrogen-bond acceptors (Lipinski definition) is 4. The molecule has 0 spiro atoms. The van der Waals surface area contributed by atoms with Gasteiger partial charge in [-0.25, -0.2) is 4.79 Å². The van der Waals surface area contributed by atoms with Gasteiger partial charge in [0, 0.05) is 11.8 Å². The van der Waals surface area contributed by atoms with Gasteiger partial charge in [-0.2, -0.15) is 0 Å². The SMILES string of the molecule is Cc1cn([C@H]2C=C[C@@H](CO)O2)c(=O)[nH]c1=S. The third kappa shape index (κ3) is 1.99. The first-order valence-electron chi connectivity index (χ1n) is 4.88. The van der Waals surface area contributed by atoms with Gasteiger partial charge in [-0.3, -0.25) is 9.55 Å². The number of nitrogens with zero attached hydrogens (tertiary/aromatic N) is 1. The zero-order chi connectivity index (χ0) is 11.7. The maximum absolute atomic E-state index is 11.6. The van der Waals surface area contributed by atoms with Gasteiger partial charge in [0.15, 0.2) is 6.23 Å². The summed E-state index contributed by atoms with van der Waals surface area (Å²) < 4.78 is 7.27. The van der Waals surface area contributed by atoms with Crippen LogP contribution in [0.2, 0.25) is 0 Å². The van der Waals surface area contributed by atoms with E-state index in [0.29, 0.717) is 4.64 Å². The number of aliphatic hydroxyl groups excluding tert-OH is 1. The lowest BCUT2D eigenvalue weighted by Gasteiger charge is -2.15. The molecular formula is C10H12N2O3S. The molecule has 0 saturated heterocycles. The summed E-state index contributed by atoms with van der Waals surface area (Å²) >= 11 is 4.95. The van der Waals surface area contributed by atoms with Crippen molar-refractivity contribution in [3.05, 3.63) is 39.0 Å². The summed E-state index contributed by atoms with van der Waals surface area (Å²) in [7, 11) is 0. The van der Waals surface area contributed by atoms with Gasteiger partial charge in [-0.05, 0) is 13.0 Å². The van der Waals surface area contributed by atoms with E-state index in [-0.39, 0.29) is 18.4 Å². The normalized spacial score (nSPS) is 23.9. The Morgan fingerprint density at radius 3 is 3.00 bits per heavy atom. The van der Waals surface area contributed by atoms with E-state index in [0.717, 1.165) is 5.56 Å². The van der Waals surface area contributed by atoms with Gasteiger partial charge in [0.05, 0.1) is 6.61 Å². The lowest BCUT2D eigenvalue weighted by atomic mass is 10.3. The number of aliphatic hydroxyl groups is 1. The van der Waals surface area contributed by atoms with Crippen LogP contribution in [0.4, 0.5) is 0 Å². The first-order chi connectivity index (χ1) is 7.61. The van der Waals surface area contributed by atoms with Crippen molar-refractivity contribution in [2.24, 2.45) is 0 Å². The molecule has 0 saturated carbocycles. The number of H-pyrrole nitrogens is 1. The lowest BCUT2D eigenvalue weighted by Crippen LogP contribution is -2.28. The standard InChI is InChI=1S/C10H12N2O3S/c1-6-4-12(10(14)11-9(6)16)8-3-2-7(5-13)15-8/h2-4,7-8,13H,5H2,1H3,(H,11,14,16)/t7-,8+/m0/s1. The fourth-order valence-corrected chi connectivity index (χ4v) is 1.67. The van der Waals surface area contributed by atoms with Crippen molar-refractivity contribution in [1.29, 1.82) is 0 Å². The summed E-state index contributed by atoms with van der Waals surface area (Å²) in [5.41, 5.74) is 0.489.